The van der Waals surface area contributed by atoms with Crippen LogP contribution in [0.5, 0.6) is 5.75 Å². The lowest BCUT2D eigenvalue weighted by atomic mass is 10.2. The molecule has 1 N–H and O–H groups in total. The highest BCUT2D eigenvalue weighted by Gasteiger charge is 2.33. The molecule has 0 unspecified atom stereocenters. The predicted octanol–water partition coefficient (Wildman–Crippen LogP) is 4.03. The van der Waals surface area contributed by atoms with E-state index in [-0.39, 0.29) is 10.6 Å². The summed E-state index contributed by atoms with van der Waals surface area (Å²) in [7, 11) is -2.83. The number of alkyl halides is 3. The van der Waals surface area contributed by atoms with Crippen molar-refractivity contribution in [3.8, 4) is 5.75 Å². The molecule has 1 amide bonds. The Kier molecular flexibility index (Phi) is 8.90. The van der Waals surface area contributed by atoms with Crippen LogP contribution >= 0.6 is 11.6 Å². The Morgan fingerprint density at radius 2 is 1.78 bits per heavy atom. The average Bonchev–Trinajstić information content (AvgIpc) is 2.72. The standard InChI is InChI=1S/C20H22ClF3N2O5S/c1-3-30-10-11-31-15-5-7-16(8-6-15)32(28,29)26(2)13-19(27)25-14-4-9-18(21)17(12-14)20(22,23)24/h4-9,12H,3,10-11,13H2,1-2H3,(H,25,27). The number of rotatable bonds is 10. The molecule has 0 spiro atoms. The minimum Gasteiger partial charge on any atom is -0.491 e. The number of likely N-dealkylation sites (N-methyl/N-ethyl adjacent to an activating group) is 1. The maximum atomic E-state index is 13.0. The number of ether oxygens (including phenoxy) is 2. The molecule has 0 fully saturated rings. The molecule has 2 aromatic carbocycles. The topological polar surface area (TPSA) is 84.9 Å². The van der Waals surface area contributed by atoms with Crippen molar-refractivity contribution in [2.75, 3.05) is 38.7 Å². The molecule has 0 saturated carbocycles. The molecule has 32 heavy (non-hydrogen) atoms. The van der Waals surface area contributed by atoms with Gasteiger partial charge in [0.05, 0.1) is 28.6 Å². The highest BCUT2D eigenvalue weighted by Crippen LogP contribution is 2.36. The molecule has 0 aromatic heterocycles. The van der Waals surface area contributed by atoms with Crippen LogP contribution in [0.15, 0.2) is 47.4 Å². The van der Waals surface area contributed by atoms with Gasteiger partial charge in [0.15, 0.2) is 0 Å². The molecule has 0 atom stereocenters. The van der Waals surface area contributed by atoms with Gasteiger partial charge in [0.25, 0.3) is 0 Å². The van der Waals surface area contributed by atoms with E-state index in [1.807, 2.05) is 6.92 Å². The number of nitrogens with one attached hydrogen (secondary N) is 1. The summed E-state index contributed by atoms with van der Waals surface area (Å²) in [5.74, 6) is -0.366. The second kappa shape index (κ2) is 11.0. The molecule has 0 heterocycles. The number of benzene rings is 2. The van der Waals surface area contributed by atoms with E-state index in [9.17, 15) is 26.4 Å². The van der Waals surface area contributed by atoms with E-state index >= 15 is 0 Å². The first-order valence-corrected chi connectivity index (χ1v) is 11.2. The number of hydrogen-bond acceptors (Lipinski definition) is 5. The molecule has 7 nitrogen and oxygen atoms in total. The van der Waals surface area contributed by atoms with Crippen molar-refractivity contribution in [1.29, 1.82) is 0 Å². The fourth-order valence-electron chi connectivity index (χ4n) is 2.56. The summed E-state index contributed by atoms with van der Waals surface area (Å²) in [6.07, 6.45) is -4.70. The number of amides is 1. The summed E-state index contributed by atoms with van der Waals surface area (Å²) in [6.45, 7) is 2.50. The van der Waals surface area contributed by atoms with E-state index < -0.39 is 39.2 Å². The smallest absolute Gasteiger partial charge is 0.417 e. The number of sulfonamides is 1. The molecule has 2 aromatic rings. The molecule has 12 heteroatoms. The quantitative estimate of drug-likeness (QED) is 0.504. The van der Waals surface area contributed by atoms with Gasteiger partial charge in [0.1, 0.15) is 12.4 Å². The van der Waals surface area contributed by atoms with Gasteiger partial charge in [0.2, 0.25) is 15.9 Å². The van der Waals surface area contributed by atoms with Crippen LogP contribution in [0.4, 0.5) is 18.9 Å². The first-order valence-electron chi connectivity index (χ1n) is 9.38. The van der Waals surface area contributed by atoms with E-state index in [0.717, 1.165) is 10.4 Å². The number of nitrogens with zero attached hydrogens (tertiary/aromatic N) is 1. The Hall–Kier alpha value is -2.34. The maximum absolute atomic E-state index is 13.0. The van der Waals surface area contributed by atoms with Crippen molar-refractivity contribution in [3.05, 3.63) is 53.1 Å². The Morgan fingerprint density at radius 3 is 2.38 bits per heavy atom. The lowest BCUT2D eigenvalue weighted by Gasteiger charge is -2.18. The van der Waals surface area contributed by atoms with Crippen LogP contribution in [-0.4, -0.2) is 52.0 Å². The molecule has 0 bridgehead atoms. The van der Waals surface area contributed by atoms with E-state index in [4.69, 9.17) is 21.1 Å². The zero-order chi connectivity index (χ0) is 23.9. The Morgan fingerprint density at radius 1 is 1.12 bits per heavy atom. The van der Waals surface area contributed by atoms with Crippen LogP contribution in [0, 0.1) is 0 Å². The van der Waals surface area contributed by atoms with E-state index in [0.29, 0.717) is 31.6 Å². The molecular formula is C20H22ClF3N2O5S. The van der Waals surface area contributed by atoms with Crippen molar-refractivity contribution < 1.29 is 35.9 Å². The van der Waals surface area contributed by atoms with Crippen molar-refractivity contribution in [3.63, 3.8) is 0 Å². The van der Waals surface area contributed by atoms with Gasteiger partial charge in [-0.05, 0) is 49.4 Å². The zero-order valence-electron chi connectivity index (χ0n) is 17.3. The van der Waals surface area contributed by atoms with Gasteiger partial charge in [-0.25, -0.2) is 8.42 Å². The van der Waals surface area contributed by atoms with E-state index in [2.05, 4.69) is 5.32 Å². The average molecular weight is 495 g/mol. The number of anilines is 1. The van der Waals surface area contributed by atoms with Crippen molar-refractivity contribution in [2.24, 2.45) is 0 Å². The Labute approximate surface area is 189 Å². The van der Waals surface area contributed by atoms with Crippen LogP contribution in [0.1, 0.15) is 12.5 Å². The fraction of sp³-hybridized carbons (Fsp3) is 0.350. The number of carbonyl (C=O) groups excluding carboxylic acids is 1. The van der Waals surface area contributed by atoms with Gasteiger partial charge >= 0.3 is 6.18 Å². The molecular weight excluding hydrogens is 473 g/mol. The SMILES string of the molecule is CCOCCOc1ccc(S(=O)(=O)N(C)CC(=O)Nc2ccc(Cl)c(C(F)(F)F)c2)cc1. The molecule has 176 valence electrons. The molecule has 0 aliphatic carbocycles. The van der Waals surface area contributed by atoms with Gasteiger partial charge in [-0.15, -0.1) is 0 Å². The summed E-state index contributed by atoms with van der Waals surface area (Å²) in [4.78, 5) is 12.1. The van der Waals surface area contributed by atoms with Gasteiger partial charge < -0.3 is 14.8 Å². The first-order chi connectivity index (χ1) is 14.9. The second-order valence-electron chi connectivity index (χ2n) is 6.52. The zero-order valence-corrected chi connectivity index (χ0v) is 18.9. The Bertz CT molecular complexity index is 1030. The third kappa shape index (κ3) is 7.09. The molecule has 0 radical (unpaired) electrons. The monoisotopic (exact) mass is 494 g/mol. The van der Waals surface area contributed by atoms with Gasteiger partial charge in [-0.1, -0.05) is 11.6 Å². The molecule has 2 rings (SSSR count). The van der Waals surface area contributed by atoms with Crippen molar-refractivity contribution in [1.82, 2.24) is 4.31 Å². The maximum Gasteiger partial charge on any atom is 0.417 e. The third-order valence-corrected chi connectivity index (χ3v) is 6.30. The number of hydrogen-bond donors (Lipinski definition) is 1. The van der Waals surface area contributed by atoms with E-state index in [1.54, 1.807) is 0 Å². The van der Waals surface area contributed by atoms with Crippen LogP contribution in [0.2, 0.25) is 5.02 Å². The van der Waals surface area contributed by atoms with Gasteiger partial charge in [-0.3, -0.25) is 4.79 Å². The lowest BCUT2D eigenvalue weighted by Crippen LogP contribution is -2.35. The predicted molar refractivity (Wildman–Crippen MR) is 113 cm³/mol. The third-order valence-electron chi connectivity index (χ3n) is 4.15. The summed E-state index contributed by atoms with van der Waals surface area (Å²) in [5.41, 5.74) is -1.27. The number of halogens is 4. The minimum atomic E-state index is -4.70. The normalized spacial score (nSPS) is 12.1. The number of carbonyl (C=O) groups is 1. The summed E-state index contributed by atoms with van der Waals surface area (Å²) < 4.78 is 75.6. The second-order valence-corrected chi connectivity index (χ2v) is 8.97. The van der Waals surface area contributed by atoms with Gasteiger partial charge in [0, 0.05) is 19.3 Å². The Balaban J connectivity index is 2.02. The largest absolute Gasteiger partial charge is 0.491 e. The summed E-state index contributed by atoms with van der Waals surface area (Å²) >= 11 is 5.55. The van der Waals surface area contributed by atoms with Gasteiger partial charge in [-0.2, -0.15) is 17.5 Å². The van der Waals surface area contributed by atoms with Crippen LogP contribution in [-0.2, 0) is 25.7 Å². The van der Waals surface area contributed by atoms with Crippen LogP contribution in [0.3, 0.4) is 0 Å². The molecule has 0 aliphatic heterocycles. The van der Waals surface area contributed by atoms with E-state index in [1.165, 1.54) is 37.4 Å². The van der Waals surface area contributed by atoms with Crippen molar-refractivity contribution in [2.45, 2.75) is 18.0 Å². The fourth-order valence-corrected chi connectivity index (χ4v) is 3.91. The minimum absolute atomic E-state index is 0.0733. The summed E-state index contributed by atoms with van der Waals surface area (Å²) in [5, 5.41) is 1.73. The highest BCUT2D eigenvalue weighted by atomic mass is 35.5. The summed E-state index contributed by atoms with van der Waals surface area (Å²) in [6, 6.07) is 8.47. The highest BCUT2D eigenvalue weighted by molar-refractivity contribution is 7.89. The molecule has 0 aliphatic rings. The molecule has 0 saturated heterocycles. The lowest BCUT2D eigenvalue weighted by molar-refractivity contribution is -0.137. The first kappa shape index (κ1) is 25.9. The van der Waals surface area contributed by atoms with Crippen molar-refractivity contribution >= 4 is 33.2 Å². The van der Waals surface area contributed by atoms with Crippen LogP contribution in [0.25, 0.3) is 0 Å². The van der Waals surface area contributed by atoms with Crippen LogP contribution < -0.4 is 10.1 Å².